The number of carboxylic acids is 1. The predicted octanol–water partition coefficient (Wildman–Crippen LogP) is 7.76. The van der Waals surface area contributed by atoms with Gasteiger partial charge in [-0.15, -0.1) is 11.3 Å². The van der Waals surface area contributed by atoms with Crippen molar-refractivity contribution in [2.24, 2.45) is 36.1 Å². The number of aryl methyl sites for hydroxylation is 2. The molecule has 1 saturated carbocycles. The smallest absolute Gasteiger partial charge is 0.335 e. The van der Waals surface area contributed by atoms with Crippen LogP contribution in [0.2, 0.25) is 10.0 Å². The number of carboxylic acid groups (broad SMARTS) is 1. The Morgan fingerprint density at radius 1 is 0.927 bits per heavy atom. The highest BCUT2D eigenvalue weighted by Gasteiger charge is 2.68. The Balaban J connectivity index is 1.15. The van der Waals surface area contributed by atoms with Crippen molar-refractivity contribution in [2.75, 3.05) is 9.80 Å². The lowest BCUT2D eigenvalue weighted by molar-refractivity contribution is -0.131. The molecule has 9 rings (SSSR count). The highest BCUT2D eigenvalue weighted by molar-refractivity contribution is 7.22. The Morgan fingerprint density at radius 2 is 1.67 bits per heavy atom. The van der Waals surface area contributed by atoms with E-state index < -0.39 is 64.6 Å². The minimum Gasteiger partial charge on any atom is -0.508 e. The Kier molecular flexibility index (Phi) is 7.95. The summed E-state index contributed by atoms with van der Waals surface area (Å²) >= 11 is 14.4. The number of carbonyl (C=O) groups is 5. The number of halogens is 2. The van der Waals surface area contributed by atoms with Gasteiger partial charge in [0.1, 0.15) is 17.3 Å². The van der Waals surface area contributed by atoms with Crippen molar-refractivity contribution >= 4 is 85.7 Å². The lowest BCUT2D eigenvalue weighted by Crippen LogP contribution is -2.49. The normalized spacial score (nSPS) is 26.1. The van der Waals surface area contributed by atoms with Crippen molar-refractivity contribution in [3.8, 4) is 16.3 Å². The number of thiophene rings is 1. The molecule has 3 aromatic carbocycles. The largest absolute Gasteiger partial charge is 0.508 e. The predicted molar refractivity (Wildman–Crippen MR) is 207 cm³/mol. The molecule has 278 valence electrons. The number of aromatic hydroxyl groups is 1. The lowest BCUT2D eigenvalue weighted by Gasteiger charge is -2.49. The van der Waals surface area contributed by atoms with E-state index in [9.17, 15) is 29.4 Å². The zero-order valence-corrected chi connectivity index (χ0v) is 31.9. The number of allylic oxidation sites excluding steroid dienone is 2. The number of anilines is 2. The van der Waals surface area contributed by atoms with Gasteiger partial charge in [0.2, 0.25) is 23.6 Å². The van der Waals surface area contributed by atoms with Crippen molar-refractivity contribution in [1.29, 1.82) is 0 Å². The van der Waals surface area contributed by atoms with E-state index >= 15 is 4.79 Å². The van der Waals surface area contributed by atoms with Crippen LogP contribution in [0.15, 0.2) is 78.4 Å². The summed E-state index contributed by atoms with van der Waals surface area (Å²) in [6.45, 7) is 3.71. The highest BCUT2D eigenvalue weighted by Crippen LogP contribution is 2.64. The van der Waals surface area contributed by atoms with Crippen LogP contribution in [0.25, 0.3) is 20.7 Å². The first-order valence-corrected chi connectivity index (χ1v) is 19.3. The second-order valence-corrected chi connectivity index (χ2v) is 16.9. The van der Waals surface area contributed by atoms with Crippen LogP contribution in [0.5, 0.6) is 5.75 Å². The Morgan fingerprint density at radius 3 is 2.44 bits per heavy atom. The molecule has 2 aromatic heterocycles. The van der Waals surface area contributed by atoms with Crippen molar-refractivity contribution in [2.45, 2.75) is 32.6 Å². The van der Waals surface area contributed by atoms with E-state index in [1.165, 1.54) is 57.3 Å². The van der Waals surface area contributed by atoms with E-state index in [1.807, 2.05) is 31.2 Å². The molecule has 4 heterocycles. The number of fused-ring (bicyclic) bond motifs is 5. The summed E-state index contributed by atoms with van der Waals surface area (Å²) in [4.78, 5) is 73.2. The van der Waals surface area contributed by atoms with Crippen LogP contribution >= 0.6 is 34.5 Å². The summed E-state index contributed by atoms with van der Waals surface area (Å²) in [5.74, 6) is -7.12. The minimum atomic E-state index is -1.43. The van der Waals surface area contributed by atoms with E-state index in [0.717, 1.165) is 25.4 Å². The maximum Gasteiger partial charge on any atom is 0.335 e. The number of hydrogen-bond acceptors (Lipinski definition) is 8. The topological polar surface area (TPSA) is 150 Å². The number of imide groups is 2. The summed E-state index contributed by atoms with van der Waals surface area (Å²) < 4.78 is 2.53. The van der Waals surface area contributed by atoms with Gasteiger partial charge in [0.15, 0.2) is 0 Å². The van der Waals surface area contributed by atoms with Crippen LogP contribution in [-0.2, 0) is 26.2 Å². The van der Waals surface area contributed by atoms with Gasteiger partial charge < -0.3 is 10.2 Å². The number of hydrogen-bond donors (Lipinski definition) is 2. The molecule has 3 fully saturated rings. The van der Waals surface area contributed by atoms with Gasteiger partial charge in [0, 0.05) is 39.3 Å². The standard InChI is InChI=1S/C41H32Cl2N4O7S/c1-18-25-14-21(43)8-12-31(25)55-35(18)29-17-32(45(3)44-29)47-37(50)28-16-26-23(34(41(28,2)40(47)54)27-15-20(42)7-11-30(27)48)9-10-24-33(26)38(51)46(36(24)49)22-6-4-5-19(13-22)39(52)53/h4-9,11-15,17,24,26,28,33-34,48H,10,16H2,1-3H3,(H,52,53)/t24-,26+,28-,33-,34+,41+/m0/s1. The van der Waals surface area contributed by atoms with Gasteiger partial charge >= 0.3 is 5.97 Å². The molecule has 6 atom stereocenters. The number of rotatable bonds is 5. The molecule has 0 bridgehead atoms. The average molecular weight is 796 g/mol. The number of phenolic OH excluding ortho intramolecular Hbond substituents is 1. The monoisotopic (exact) mass is 794 g/mol. The number of benzene rings is 3. The molecule has 2 N–H and O–H groups in total. The zero-order valence-electron chi connectivity index (χ0n) is 29.6. The van der Waals surface area contributed by atoms with Gasteiger partial charge in [-0.05, 0) is 98.2 Å². The molecule has 4 aliphatic rings. The van der Waals surface area contributed by atoms with Gasteiger partial charge in [-0.3, -0.25) is 28.8 Å². The number of carbonyl (C=O) groups excluding carboxylic acids is 4. The fourth-order valence-electron chi connectivity index (χ4n) is 9.58. The molecule has 2 aliphatic heterocycles. The van der Waals surface area contributed by atoms with E-state index in [1.54, 1.807) is 26.1 Å². The van der Waals surface area contributed by atoms with Crippen molar-refractivity contribution < 1.29 is 34.2 Å². The summed E-state index contributed by atoms with van der Waals surface area (Å²) in [7, 11) is 1.67. The average Bonchev–Trinajstić information content (AvgIpc) is 3.82. The van der Waals surface area contributed by atoms with E-state index in [4.69, 9.17) is 28.3 Å². The van der Waals surface area contributed by atoms with Gasteiger partial charge in [-0.2, -0.15) is 5.10 Å². The Labute approximate surface area is 328 Å². The zero-order chi connectivity index (χ0) is 38.8. The molecule has 11 nitrogen and oxygen atoms in total. The van der Waals surface area contributed by atoms with Crippen molar-refractivity contribution in [3.05, 3.63) is 105 Å². The van der Waals surface area contributed by atoms with E-state index in [-0.39, 0.29) is 35.7 Å². The van der Waals surface area contributed by atoms with E-state index in [0.29, 0.717) is 26.9 Å². The molecule has 55 heavy (non-hydrogen) atoms. The number of phenols is 1. The van der Waals surface area contributed by atoms with Crippen LogP contribution in [-0.4, -0.2) is 49.6 Å². The van der Waals surface area contributed by atoms with Gasteiger partial charge in [0.05, 0.1) is 39.3 Å². The molecular formula is C41H32Cl2N4O7S. The van der Waals surface area contributed by atoms with Crippen molar-refractivity contribution in [3.63, 3.8) is 0 Å². The molecular weight excluding hydrogens is 763 g/mol. The summed E-state index contributed by atoms with van der Waals surface area (Å²) in [5, 5.41) is 27.6. The van der Waals surface area contributed by atoms with Crippen LogP contribution in [0, 0.1) is 36.0 Å². The molecule has 0 unspecified atom stereocenters. The van der Waals surface area contributed by atoms with E-state index in [2.05, 4.69) is 0 Å². The minimum absolute atomic E-state index is 0.0721. The number of nitrogens with zero attached hydrogens (tertiary/aromatic N) is 4. The van der Waals surface area contributed by atoms with Crippen LogP contribution < -0.4 is 9.80 Å². The maximum atomic E-state index is 15.1. The van der Waals surface area contributed by atoms with Crippen LogP contribution in [0.4, 0.5) is 11.5 Å². The quantitative estimate of drug-likeness (QED) is 0.135. The van der Waals surface area contributed by atoms with Gasteiger partial charge in [-0.25, -0.2) is 9.69 Å². The first-order chi connectivity index (χ1) is 26.2. The second kappa shape index (κ2) is 12.4. The third kappa shape index (κ3) is 5.00. The van der Waals surface area contributed by atoms with Crippen LogP contribution in [0.1, 0.15) is 47.2 Å². The molecule has 4 amide bonds. The summed E-state index contributed by atoms with van der Waals surface area (Å²) in [6.07, 6.45) is 2.14. The lowest BCUT2D eigenvalue weighted by atomic mass is 9.51. The third-order valence-corrected chi connectivity index (χ3v) is 13.9. The third-order valence-electron chi connectivity index (χ3n) is 12.1. The van der Waals surface area contributed by atoms with Gasteiger partial charge in [0.25, 0.3) is 0 Å². The molecule has 2 saturated heterocycles. The maximum absolute atomic E-state index is 15.1. The number of aromatic carboxylic acids is 1. The fourth-order valence-corrected chi connectivity index (χ4v) is 11.1. The summed E-state index contributed by atoms with van der Waals surface area (Å²) in [6, 6.07) is 17.6. The number of amides is 4. The number of aromatic nitrogens is 2. The molecule has 0 radical (unpaired) electrons. The van der Waals surface area contributed by atoms with Crippen LogP contribution in [0.3, 0.4) is 0 Å². The highest BCUT2D eigenvalue weighted by atomic mass is 35.5. The first kappa shape index (κ1) is 35.4. The Hall–Kier alpha value is -5.30. The molecule has 2 aliphatic carbocycles. The Bertz CT molecular complexity index is 2610. The molecule has 0 spiro atoms. The summed E-state index contributed by atoms with van der Waals surface area (Å²) in [5.41, 5.74) is 1.21. The second-order valence-electron chi connectivity index (χ2n) is 14.9. The van der Waals surface area contributed by atoms with Crippen molar-refractivity contribution in [1.82, 2.24) is 9.78 Å². The van der Waals surface area contributed by atoms with Gasteiger partial charge in [-0.1, -0.05) is 40.9 Å². The molecule has 14 heteroatoms. The fraction of sp³-hybridized carbons (Fsp3) is 0.268. The molecule has 5 aromatic rings. The first-order valence-electron chi connectivity index (χ1n) is 17.7. The SMILES string of the molecule is Cc1c(-c2cc(N3C(=O)[C@@H]4C[C@@H]5C(=CC[C@@H]6C(=O)N(c7cccc(C(=O)O)c7)C(=O)[C@@H]65)[C@H](c5cc(Cl)ccc5O)[C@]4(C)C3=O)n(C)n2)sc2ccc(Cl)cc12.